The first-order valence-electron chi connectivity index (χ1n) is 6.44. The van der Waals surface area contributed by atoms with Crippen LogP contribution in [0.3, 0.4) is 0 Å². The molecule has 0 radical (unpaired) electrons. The fourth-order valence-electron chi connectivity index (χ4n) is 2.53. The summed E-state index contributed by atoms with van der Waals surface area (Å²) in [6, 6.07) is 5.92. The van der Waals surface area contributed by atoms with Crippen LogP contribution in [-0.2, 0) is 6.42 Å². The highest BCUT2D eigenvalue weighted by atomic mass is 16.5. The Morgan fingerprint density at radius 1 is 1.45 bits per heavy atom. The lowest BCUT2D eigenvalue weighted by Gasteiger charge is -2.21. The number of hydrogen-bond donors (Lipinski definition) is 1. The summed E-state index contributed by atoms with van der Waals surface area (Å²) >= 11 is 0. The second kappa shape index (κ2) is 5.88. The fourth-order valence-corrected chi connectivity index (χ4v) is 2.53. The van der Waals surface area contributed by atoms with Gasteiger partial charge in [-0.1, -0.05) is 18.1 Å². The van der Waals surface area contributed by atoms with Crippen molar-refractivity contribution in [2.45, 2.75) is 19.3 Å². The van der Waals surface area contributed by atoms with Crippen LogP contribution in [0.15, 0.2) is 22.7 Å². The zero-order valence-electron chi connectivity index (χ0n) is 11.8. The van der Waals surface area contributed by atoms with Crippen LogP contribution < -0.4 is 10.5 Å². The Bertz CT molecular complexity index is 620. The first-order chi connectivity index (χ1) is 9.74. The number of aldehydes is 1. The highest BCUT2D eigenvalue weighted by Gasteiger charge is 2.28. The molecule has 2 aromatic rings. The summed E-state index contributed by atoms with van der Waals surface area (Å²) in [6.07, 6.45) is 1.53. The molecule has 1 aromatic carbocycles. The summed E-state index contributed by atoms with van der Waals surface area (Å²) < 4.78 is 10.5. The summed E-state index contributed by atoms with van der Waals surface area (Å²) in [6.45, 7) is 2.13. The molecule has 1 heterocycles. The van der Waals surface area contributed by atoms with Gasteiger partial charge in [-0.25, -0.2) is 0 Å². The first kappa shape index (κ1) is 14.3. The molecule has 0 saturated carbocycles. The number of aromatic nitrogens is 1. The van der Waals surface area contributed by atoms with Crippen molar-refractivity contribution in [3.8, 4) is 17.1 Å². The summed E-state index contributed by atoms with van der Waals surface area (Å²) in [5, 5.41) is 3.82. The van der Waals surface area contributed by atoms with Crippen molar-refractivity contribution in [3.05, 3.63) is 35.0 Å². The summed E-state index contributed by atoms with van der Waals surface area (Å²) in [4.78, 5) is 10.9. The maximum Gasteiger partial charge on any atom is 0.172 e. The number of nitrogens with zero attached hydrogens (tertiary/aromatic N) is 1. The van der Waals surface area contributed by atoms with Gasteiger partial charge in [0.2, 0.25) is 0 Å². The van der Waals surface area contributed by atoms with Gasteiger partial charge >= 0.3 is 0 Å². The molecule has 0 fully saturated rings. The number of carbonyl (C=O) groups excluding carboxylic acids is 1. The van der Waals surface area contributed by atoms with Crippen molar-refractivity contribution in [1.82, 2.24) is 5.16 Å². The smallest absolute Gasteiger partial charge is 0.172 e. The zero-order chi connectivity index (χ0) is 14.7. The van der Waals surface area contributed by atoms with E-state index in [-0.39, 0.29) is 0 Å². The van der Waals surface area contributed by atoms with Gasteiger partial charge in [0, 0.05) is 11.1 Å². The van der Waals surface area contributed by atoms with E-state index in [4.69, 9.17) is 9.26 Å². The van der Waals surface area contributed by atoms with Crippen molar-refractivity contribution < 1.29 is 14.1 Å². The van der Waals surface area contributed by atoms with Crippen LogP contribution in [0.1, 0.15) is 34.5 Å². The van der Waals surface area contributed by atoms with Crippen molar-refractivity contribution in [2.75, 3.05) is 14.2 Å². The molecule has 0 aliphatic heterocycles. The van der Waals surface area contributed by atoms with E-state index in [9.17, 15) is 4.79 Å². The largest absolute Gasteiger partial charge is 0.497 e. The second-order valence-corrected chi connectivity index (χ2v) is 4.55. The van der Waals surface area contributed by atoms with Crippen LogP contribution in [-0.4, -0.2) is 25.6 Å². The minimum absolute atomic E-state index is 0.344. The van der Waals surface area contributed by atoms with Gasteiger partial charge < -0.3 is 15.0 Å². The molecule has 20 heavy (non-hydrogen) atoms. The molecule has 0 amide bonds. The lowest BCUT2D eigenvalue weighted by molar-refractivity contribution is 0.111. The van der Waals surface area contributed by atoms with Crippen molar-refractivity contribution in [3.63, 3.8) is 0 Å². The molecule has 1 unspecified atom stereocenters. The molecule has 106 valence electrons. The molecular formula is C15H18N2O3. The van der Waals surface area contributed by atoms with Gasteiger partial charge in [-0.3, -0.25) is 4.79 Å². The number of methoxy groups -OCH3 is 1. The topological polar surface area (TPSA) is 78.3 Å². The Hall–Kier alpha value is -2.14. The number of ether oxygens (including phenoxy) is 1. The summed E-state index contributed by atoms with van der Waals surface area (Å²) in [5.74, 6) is 1.82. The Morgan fingerprint density at radius 2 is 2.20 bits per heavy atom. The van der Waals surface area contributed by atoms with Gasteiger partial charge in [0.1, 0.15) is 11.4 Å². The molecule has 0 bridgehead atoms. The van der Waals surface area contributed by atoms with E-state index >= 15 is 0 Å². The fraction of sp³-hybridized carbons (Fsp3) is 0.333. The van der Waals surface area contributed by atoms with Gasteiger partial charge in [0.05, 0.1) is 7.11 Å². The lowest BCUT2D eigenvalue weighted by atomic mass is 9.82. The van der Waals surface area contributed by atoms with Gasteiger partial charge in [0.25, 0.3) is 0 Å². The minimum Gasteiger partial charge on any atom is -0.497 e. The normalized spacial score (nSPS) is 15.5. The summed E-state index contributed by atoms with van der Waals surface area (Å²) in [5.41, 5.74) is 7.99. The van der Waals surface area contributed by atoms with Crippen LogP contribution >= 0.6 is 0 Å². The quantitative estimate of drug-likeness (QED) is 0.851. The highest BCUT2D eigenvalue weighted by Crippen LogP contribution is 2.41. The predicted molar refractivity (Wildman–Crippen MR) is 76.1 cm³/mol. The second-order valence-electron chi connectivity index (χ2n) is 4.55. The van der Waals surface area contributed by atoms with Crippen molar-refractivity contribution >= 4 is 6.29 Å². The molecule has 3 rings (SSSR count). The van der Waals surface area contributed by atoms with Gasteiger partial charge in [-0.2, -0.15) is 0 Å². The van der Waals surface area contributed by atoms with Gasteiger partial charge in [-0.05, 0) is 37.1 Å². The van der Waals surface area contributed by atoms with E-state index in [1.807, 2.05) is 18.2 Å². The number of hydrogen-bond acceptors (Lipinski definition) is 5. The Morgan fingerprint density at radius 3 is 2.85 bits per heavy atom. The molecular weight excluding hydrogens is 256 g/mol. The molecule has 0 saturated heterocycles. The average Bonchev–Trinajstić information content (AvgIpc) is 2.92. The van der Waals surface area contributed by atoms with Crippen molar-refractivity contribution in [2.24, 2.45) is 5.73 Å². The molecule has 0 spiro atoms. The van der Waals surface area contributed by atoms with E-state index in [1.165, 1.54) is 12.6 Å². The first-order valence-corrected chi connectivity index (χ1v) is 6.44. The number of nitrogens with two attached hydrogens (primary N) is 1. The van der Waals surface area contributed by atoms with Crippen LogP contribution in [0.4, 0.5) is 0 Å². The molecule has 5 heteroatoms. The SMILES string of the molecule is CN.COc1ccc2c(c1)-c1onc(C=O)c1CC2C. The van der Waals surface area contributed by atoms with Crippen LogP contribution in [0.2, 0.25) is 0 Å². The van der Waals surface area contributed by atoms with Gasteiger partial charge in [0.15, 0.2) is 12.0 Å². The van der Waals surface area contributed by atoms with Crippen LogP contribution in [0, 0.1) is 0 Å². The van der Waals surface area contributed by atoms with Gasteiger partial charge in [-0.15, -0.1) is 0 Å². The average molecular weight is 274 g/mol. The van der Waals surface area contributed by atoms with Crippen LogP contribution in [0.25, 0.3) is 11.3 Å². The molecule has 1 aliphatic carbocycles. The third kappa shape index (κ3) is 2.20. The number of rotatable bonds is 2. The maximum absolute atomic E-state index is 10.9. The van der Waals surface area contributed by atoms with Crippen LogP contribution in [0.5, 0.6) is 5.75 Å². The van der Waals surface area contributed by atoms with E-state index in [0.717, 1.165) is 29.6 Å². The maximum atomic E-state index is 10.9. The molecule has 2 N–H and O–H groups in total. The number of carbonyl (C=O) groups is 1. The van der Waals surface area contributed by atoms with E-state index in [1.54, 1.807) is 7.11 Å². The summed E-state index contributed by atoms with van der Waals surface area (Å²) in [7, 11) is 3.13. The molecule has 5 nitrogen and oxygen atoms in total. The predicted octanol–water partition coefficient (Wildman–Crippen LogP) is 2.40. The highest BCUT2D eigenvalue weighted by molar-refractivity contribution is 5.81. The third-order valence-electron chi connectivity index (χ3n) is 3.48. The van der Waals surface area contributed by atoms with Crippen molar-refractivity contribution in [1.29, 1.82) is 0 Å². The molecule has 1 atom stereocenters. The monoisotopic (exact) mass is 274 g/mol. The Balaban J connectivity index is 0.000000704. The minimum atomic E-state index is 0.344. The number of benzene rings is 1. The lowest BCUT2D eigenvalue weighted by Crippen LogP contribution is -2.08. The Kier molecular flexibility index (Phi) is 4.20. The van der Waals surface area contributed by atoms with E-state index in [0.29, 0.717) is 17.4 Å². The molecule has 1 aliphatic rings. The number of fused-ring (bicyclic) bond motifs is 3. The standard InChI is InChI=1S/C14H13NO3.CH5N/c1-8-5-12-13(7-16)15-18-14(12)11-6-9(17-2)3-4-10(8)11;1-2/h3-4,6-8H,5H2,1-2H3;2H2,1H3. The Labute approximate surface area is 117 Å². The zero-order valence-corrected chi connectivity index (χ0v) is 11.8. The third-order valence-corrected chi connectivity index (χ3v) is 3.48. The van der Waals surface area contributed by atoms with E-state index < -0.39 is 0 Å². The molecule has 1 aromatic heterocycles. The van der Waals surface area contributed by atoms with E-state index in [2.05, 4.69) is 17.8 Å².